The molecule has 0 unspecified atom stereocenters. The van der Waals surface area contributed by atoms with Crippen LogP contribution in [0.25, 0.3) is 0 Å². The molecule has 0 spiro atoms. The molecule has 1 aromatic carbocycles. The Bertz CT molecular complexity index is 576. The second-order valence-electron chi connectivity index (χ2n) is 6.10. The number of nitrogens with one attached hydrogen (secondary N) is 1. The zero-order valence-electron chi connectivity index (χ0n) is 12.9. The fourth-order valence-electron chi connectivity index (χ4n) is 3.18. The van der Waals surface area contributed by atoms with Gasteiger partial charge < -0.3 is 5.73 Å². The van der Waals surface area contributed by atoms with E-state index in [2.05, 4.69) is 11.6 Å². The molecule has 0 saturated heterocycles. The third-order valence-electron chi connectivity index (χ3n) is 4.48. The summed E-state index contributed by atoms with van der Waals surface area (Å²) in [6.45, 7) is 3.96. The Morgan fingerprint density at radius 3 is 2.52 bits per heavy atom. The molecule has 1 saturated carbocycles. The quantitative estimate of drug-likeness (QED) is 0.820. The van der Waals surface area contributed by atoms with Crippen LogP contribution in [0.5, 0.6) is 0 Å². The van der Waals surface area contributed by atoms with Gasteiger partial charge in [-0.2, -0.15) is 0 Å². The third kappa shape index (κ3) is 3.98. The minimum Gasteiger partial charge on any atom is -0.398 e. The molecule has 1 aromatic rings. The van der Waals surface area contributed by atoms with Gasteiger partial charge in [0, 0.05) is 11.7 Å². The summed E-state index contributed by atoms with van der Waals surface area (Å²) in [5, 5.41) is 0. The maximum Gasteiger partial charge on any atom is 0.241 e. The van der Waals surface area contributed by atoms with Crippen molar-refractivity contribution in [2.75, 3.05) is 5.73 Å². The average Bonchev–Trinajstić information content (AvgIpc) is 2.44. The summed E-state index contributed by atoms with van der Waals surface area (Å²) in [4.78, 5) is 0.304. The average molecular weight is 310 g/mol. The minimum absolute atomic E-state index is 0.0592. The maximum absolute atomic E-state index is 12.5. The predicted molar refractivity (Wildman–Crippen MR) is 86.6 cm³/mol. The highest BCUT2D eigenvalue weighted by atomic mass is 32.2. The summed E-state index contributed by atoms with van der Waals surface area (Å²) in [6.07, 6.45) is 6.59. The molecule has 0 radical (unpaired) electrons. The van der Waals surface area contributed by atoms with Crippen molar-refractivity contribution in [2.45, 2.75) is 63.3 Å². The van der Waals surface area contributed by atoms with Gasteiger partial charge in [0.1, 0.15) is 0 Å². The van der Waals surface area contributed by atoms with Crippen LogP contribution in [0.4, 0.5) is 5.69 Å². The lowest BCUT2D eigenvalue weighted by Gasteiger charge is -2.29. The lowest BCUT2D eigenvalue weighted by Crippen LogP contribution is -2.37. The van der Waals surface area contributed by atoms with Crippen molar-refractivity contribution in [1.82, 2.24) is 4.72 Å². The van der Waals surface area contributed by atoms with E-state index in [9.17, 15) is 8.42 Å². The Labute approximate surface area is 128 Å². The van der Waals surface area contributed by atoms with Crippen LogP contribution in [0, 0.1) is 12.8 Å². The number of nitrogen functional groups attached to an aromatic ring is 1. The lowest BCUT2D eigenvalue weighted by molar-refractivity contribution is 0.297. The highest BCUT2D eigenvalue weighted by molar-refractivity contribution is 7.89. The number of hydrogen-bond acceptors (Lipinski definition) is 3. The Balaban J connectivity index is 2.04. The number of hydrogen-bond donors (Lipinski definition) is 2. The van der Waals surface area contributed by atoms with Gasteiger partial charge in [-0.05, 0) is 56.2 Å². The van der Waals surface area contributed by atoms with Gasteiger partial charge in [0.2, 0.25) is 10.0 Å². The standard InChI is InChI=1S/C16H26N2O2S/c1-3-5-13-8-10-14(11-9-13)18-21(19,20)16-7-4-6-15(17)12(16)2/h4,6-7,13-14,18H,3,5,8-11,17H2,1-2H3. The van der Waals surface area contributed by atoms with Crippen LogP contribution in [0.1, 0.15) is 51.0 Å². The molecule has 1 aliphatic carbocycles. The molecule has 21 heavy (non-hydrogen) atoms. The smallest absolute Gasteiger partial charge is 0.241 e. The fourth-order valence-corrected chi connectivity index (χ4v) is 4.76. The monoisotopic (exact) mass is 310 g/mol. The Morgan fingerprint density at radius 1 is 1.24 bits per heavy atom. The highest BCUT2D eigenvalue weighted by Gasteiger charge is 2.26. The van der Waals surface area contributed by atoms with Gasteiger partial charge in [-0.3, -0.25) is 0 Å². The van der Waals surface area contributed by atoms with E-state index in [0.717, 1.165) is 31.6 Å². The van der Waals surface area contributed by atoms with Crippen molar-refractivity contribution >= 4 is 15.7 Å². The molecule has 0 amide bonds. The molecule has 118 valence electrons. The van der Waals surface area contributed by atoms with E-state index in [1.807, 2.05) is 0 Å². The number of benzene rings is 1. The minimum atomic E-state index is -3.47. The second-order valence-corrected chi connectivity index (χ2v) is 7.78. The maximum atomic E-state index is 12.5. The van der Waals surface area contributed by atoms with Crippen molar-refractivity contribution in [3.63, 3.8) is 0 Å². The molecule has 4 nitrogen and oxygen atoms in total. The number of rotatable bonds is 5. The van der Waals surface area contributed by atoms with Crippen LogP contribution in [0.3, 0.4) is 0 Å². The van der Waals surface area contributed by atoms with Gasteiger partial charge in [-0.1, -0.05) is 25.8 Å². The van der Waals surface area contributed by atoms with E-state index < -0.39 is 10.0 Å². The molecule has 5 heteroatoms. The van der Waals surface area contributed by atoms with Crippen LogP contribution in [-0.4, -0.2) is 14.5 Å². The molecular weight excluding hydrogens is 284 g/mol. The van der Waals surface area contributed by atoms with E-state index in [1.54, 1.807) is 25.1 Å². The second kappa shape index (κ2) is 6.79. The fraction of sp³-hybridized carbons (Fsp3) is 0.625. The van der Waals surface area contributed by atoms with Gasteiger partial charge in [0.15, 0.2) is 0 Å². The highest BCUT2D eigenvalue weighted by Crippen LogP contribution is 2.29. The van der Waals surface area contributed by atoms with E-state index in [4.69, 9.17) is 5.73 Å². The number of nitrogens with two attached hydrogens (primary N) is 1. The summed E-state index contributed by atoms with van der Waals surface area (Å²) in [5.74, 6) is 0.768. The summed E-state index contributed by atoms with van der Waals surface area (Å²) in [6, 6.07) is 5.10. The summed E-state index contributed by atoms with van der Waals surface area (Å²) in [5.41, 5.74) is 6.96. The third-order valence-corrected chi connectivity index (χ3v) is 6.15. The molecule has 0 atom stereocenters. The topological polar surface area (TPSA) is 72.2 Å². The van der Waals surface area contributed by atoms with E-state index >= 15 is 0 Å². The van der Waals surface area contributed by atoms with Gasteiger partial charge in [0.05, 0.1) is 4.90 Å². The Kier molecular flexibility index (Phi) is 5.27. The molecule has 0 aliphatic heterocycles. The number of sulfonamides is 1. The SMILES string of the molecule is CCCC1CCC(NS(=O)(=O)c2cccc(N)c2C)CC1. The molecule has 3 N–H and O–H groups in total. The van der Waals surface area contributed by atoms with Gasteiger partial charge in [0.25, 0.3) is 0 Å². The van der Waals surface area contributed by atoms with Crippen molar-refractivity contribution in [3.8, 4) is 0 Å². The van der Waals surface area contributed by atoms with Crippen LogP contribution in [0.2, 0.25) is 0 Å². The van der Waals surface area contributed by atoms with Crippen LogP contribution in [-0.2, 0) is 10.0 Å². The first-order chi connectivity index (χ1) is 9.94. The zero-order chi connectivity index (χ0) is 15.5. The first-order valence-electron chi connectivity index (χ1n) is 7.81. The van der Waals surface area contributed by atoms with Crippen molar-refractivity contribution in [1.29, 1.82) is 0 Å². The van der Waals surface area contributed by atoms with Gasteiger partial charge >= 0.3 is 0 Å². The Hall–Kier alpha value is -1.07. The predicted octanol–water partition coefficient (Wildman–Crippen LogP) is 3.21. The lowest BCUT2D eigenvalue weighted by atomic mass is 9.84. The Morgan fingerprint density at radius 2 is 1.90 bits per heavy atom. The largest absolute Gasteiger partial charge is 0.398 e. The molecule has 1 fully saturated rings. The first-order valence-corrected chi connectivity index (χ1v) is 9.29. The van der Waals surface area contributed by atoms with Crippen LogP contribution >= 0.6 is 0 Å². The van der Waals surface area contributed by atoms with Crippen LogP contribution in [0.15, 0.2) is 23.1 Å². The molecule has 1 aliphatic rings. The number of anilines is 1. The summed E-state index contributed by atoms with van der Waals surface area (Å²) >= 11 is 0. The van der Waals surface area contributed by atoms with Gasteiger partial charge in [-0.25, -0.2) is 13.1 Å². The van der Waals surface area contributed by atoms with Gasteiger partial charge in [-0.15, -0.1) is 0 Å². The van der Waals surface area contributed by atoms with E-state index in [0.29, 0.717) is 16.1 Å². The normalized spacial score (nSPS) is 23.1. The molecule has 0 heterocycles. The van der Waals surface area contributed by atoms with Crippen molar-refractivity contribution in [3.05, 3.63) is 23.8 Å². The summed E-state index contributed by atoms with van der Waals surface area (Å²) in [7, 11) is -3.47. The van der Waals surface area contributed by atoms with E-state index in [-0.39, 0.29) is 6.04 Å². The molecule has 0 bridgehead atoms. The molecule has 2 rings (SSSR count). The molecular formula is C16H26N2O2S. The van der Waals surface area contributed by atoms with Crippen molar-refractivity contribution < 1.29 is 8.42 Å². The van der Waals surface area contributed by atoms with Crippen LogP contribution < -0.4 is 10.5 Å². The summed E-state index contributed by atoms with van der Waals surface area (Å²) < 4.78 is 27.9. The first kappa shape index (κ1) is 16.3. The zero-order valence-corrected chi connectivity index (χ0v) is 13.7. The van der Waals surface area contributed by atoms with Crippen molar-refractivity contribution in [2.24, 2.45) is 5.92 Å². The molecule has 0 aromatic heterocycles. The van der Waals surface area contributed by atoms with E-state index in [1.165, 1.54) is 12.8 Å².